The monoisotopic (exact) mass is 635 g/mol. The van der Waals surface area contributed by atoms with E-state index in [9.17, 15) is 18.0 Å². The average Bonchev–Trinajstić information content (AvgIpc) is 3.45. The van der Waals surface area contributed by atoms with Crippen LogP contribution in [0.3, 0.4) is 0 Å². The van der Waals surface area contributed by atoms with Gasteiger partial charge >= 0.3 is 0 Å². The number of hydrogen-bond donors (Lipinski definition) is 1. The molecule has 0 saturated heterocycles. The van der Waals surface area contributed by atoms with Gasteiger partial charge in [-0.2, -0.15) is 0 Å². The Hall–Kier alpha value is -2.78. The predicted octanol–water partition coefficient (Wildman–Crippen LogP) is 6.11. The number of sulfonamides is 1. The quantitative estimate of drug-likeness (QED) is 0.275. The van der Waals surface area contributed by atoms with Crippen LogP contribution in [0.25, 0.3) is 0 Å². The lowest BCUT2D eigenvalue weighted by molar-refractivity contribution is -0.140. The molecule has 0 aromatic heterocycles. The van der Waals surface area contributed by atoms with Crippen molar-refractivity contribution in [2.45, 2.75) is 50.7 Å². The van der Waals surface area contributed by atoms with Gasteiger partial charge in [0.1, 0.15) is 12.6 Å². The third-order valence-corrected chi connectivity index (χ3v) is 9.45. The molecule has 1 N–H and O–H groups in total. The Bertz CT molecular complexity index is 1480. The van der Waals surface area contributed by atoms with Crippen molar-refractivity contribution in [3.05, 3.63) is 99.0 Å². The Balaban J connectivity index is 1.75. The number of halogens is 3. The summed E-state index contributed by atoms with van der Waals surface area (Å²) in [4.78, 5) is 29.5. The maximum atomic E-state index is 14.2. The van der Waals surface area contributed by atoms with E-state index in [-0.39, 0.29) is 40.6 Å². The smallest absolute Gasteiger partial charge is 0.244 e. The first-order valence-electron chi connectivity index (χ1n) is 13.3. The van der Waals surface area contributed by atoms with Gasteiger partial charge < -0.3 is 10.2 Å². The number of benzene rings is 3. The third kappa shape index (κ3) is 8.16. The molecule has 1 unspecified atom stereocenters. The molecule has 0 bridgehead atoms. The van der Waals surface area contributed by atoms with Gasteiger partial charge in [0.05, 0.1) is 22.0 Å². The molecule has 3 aromatic carbocycles. The van der Waals surface area contributed by atoms with Crippen molar-refractivity contribution >= 4 is 62.3 Å². The average molecular weight is 637 g/mol. The zero-order valence-corrected chi connectivity index (χ0v) is 25.7. The molecule has 0 aliphatic heterocycles. The SMILES string of the molecule is CS(=O)(=O)N(CC(=O)N(Cc1ccccc1Cl)C(Cc1ccccc1)C(=O)NC1CCCC1)c1cccc(Cl)c1Cl. The molecule has 7 nitrogen and oxygen atoms in total. The topological polar surface area (TPSA) is 86.8 Å². The third-order valence-electron chi connectivity index (χ3n) is 7.15. The Morgan fingerprint density at radius 1 is 0.902 bits per heavy atom. The fourth-order valence-electron chi connectivity index (χ4n) is 5.01. The summed E-state index contributed by atoms with van der Waals surface area (Å²) in [6.07, 6.45) is 5.02. The predicted molar refractivity (Wildman–Crippen MR) is 165 cm³/mol. The van der Waals surface area contributed by atoms with Crippen LogP contribution in [0.15, 0.2) is 72.8 Å². The fourth-order valence-corrected chi connectivity index (χ4v) is 6.51. The molecule has 1 saturated carbocycles. The van der Waals surface area contributed by atoms with Crippen LogP contribution in [0.5, 0.6) is 0 Å². The molecule has 0 radical (unpaired) electrons. The molecule has 2 amide bonds. The molecule has 3 aromatic rings. The second-order valence-electron chi connectivity index (χ2n) is 10.2. The first kappa shape index (κ1) is 31.2. The van der Waals surface area contributed by atoms with E-state index in [1.807, 2.05) is 30.3 Å². The second kappa shape index (κ2) is 13.9. The van der Waals surface area contributed by atoms with Gasteiger partial charge in [-0.3, -0.25) is 13.9 Å². The second-order valence-corrected chi connectivity index (χ2v) is 13.3. The zero-order chi connectivity index (χ0) is 29.6. The summed E-state index contributed by atoms with van der Waals surface area (Å²) in [5.74, 6) is -0.887. The van der Waals surface area contributed by atoms with Gasteiger partial charge in [-0.25, -0.2) is 8.42 Å². The Kier molecular flexibility index (Phi) is 10.6. The first-order chi connectivity index (χ1) is 19.5. The van der Waals surface area contributed by atoms with Gasteiger partial charge in [-0.15, -0.1) is 0 Å². The van der Waals surface area contributed by atoms with Crippen LogP contribution in [0.4, 0.5) is 5.69 Å². The highest BCUT2D eigenvalue weighted by molar-refractivity contribution is 7.92. The lowest BCUT2D eigenvalue weighted by atomic mass is 10.0. The van der Waals surface area contributed by atoms with Crippen molar-refractivity contribution < 1.29 is 18.0 Å². The molecule has 0 spiro atoms. The van der Waals surface area contributed by atoms with Crippen LogP contribution in [-0.2, 0) is 32.6 Å². The maximum Gasteiger partial charge on any atom is 0.244 e. The van der Waals surface area contributed by atoms with Crippen molar-refractivity contribution in [3.8, 4) is 0 Å². The number of amides is 2. The summed E-state index contributed by atoms with van der Waals surface area (Å²) >= 11 is 19.0. The number of nitrogens with zero attached hydrogens (tertiary/aromatic N) is 2. The number of anilines is 1. The van der Waals surface area contributed by atoms with Gasteiger partial charge in [0, 0.05) is 24.0 Å². The van der Waals surface area contributed by atoms with Crippen LogP contribution in [0.2, 0.25) is 15.1 Å². The number of carbonyl (C=O) groups is 2. The normalized spacial score (nSPS) is 14.4. The van der Waals surface area contributed by atoms with E-state index in [1.165, 1.54) is 17.0 Å². The highest BCUT2D eigenvalue weighted by Crippen LogP contribution is 2.34. The van der Waals surface area contributed by atoms with E-state index in [0.717, 1.165) is 41.8 Å². The van der Waals surface area contributed by atoms with E-state index in [4.69, 9.17) is 34.8 Å². The molecule has 4 rings (SSSR count). The summed E-state index contributed by atoms with van der Waals surface area (Å²) in [6.45, 7) is -0.597. The zero-order valence-electron chi connectivity index (χ0n) is 22.6. The van der Waals surface area contributed by atoms with E-state index in [0.29, 0.717) is 10.6 Å². The lowest BCUT2D eigenvalue weighted by Gasteiger charge is -2.34. The fraction of sp³-hybridized carbons (Fsp3) is 0.333. The molecule has 1 aliphatic rings. The summed E-state index contributed by atoms with van der Waals surface area (Å²) in [5.41, 5.74) is 1.55. The lowest BCUT2D eigenvalue weighted by Crippen LogP contribution is -2.54. The van der Waals surface area contributed by atoms with Crippen molar-refractivity contribution in [1.82, 2.24) is 10.2 Å². The Labute approximate surface area is 256 Å². The van der Waals surface area contributed by atoms with Crippen LogP contribution in [0.1, 0.15) is 36.8 Å². The number of hydrogen-bond acceptors (Lipinski definition) is 4. The minimum Gasteiger partial charge on any atom is -0.352 e. The highest BCUT2D eigenvalue weighted by Gasteiger charge is 2.35. The summed E-state index contributed by atoms with van der Waals surface area (Å²) in [6, 6.07) is 20.1. The van der Waals surface area contributed by atoms with Crippen LogP contribution >= 0.6 is 34.8 Å². The number of nitrogens with one attached hydrogen (secondary N) is 1. The summed E-state index contributed by atoms with van der Waals surface area (Å²) in [5, 5.41) is 3.71. The summed E-state index contributed by atoms with van der Waals surface area (Å²) < 4.78 is 26.8. The Morgan fingerprint density at radius 3 is 2.20 bits per heavy atom. The van der Waals surface area contributed by atoms with Crippen LogP contribution < -0.4 is 9.62 Å². The van der Waals surface area contributed by atoms with Gasteiger partial charge in [0.2, 0.25) is 21.8 Å². The Morgan fingerprint density at radius 2 is 1.54 bits per heavy atom. The van der Waals surface area contributed by atoms with Crippen molar-refractivity contribution in [1.29, 1.82) is 0 Å². The van der Waals surface area contributed by atoms with Crippen LogP contribution in [0, 0.1) is 0 Å². The van der Waals surface area contributed by atoms with Crippen LogP contribution in [-0.4, -0.2) is 50.0 Å². The van der Waals surface area contributed by atoms with Gasteiger partial charge in [-0.05, 0) is 42.2 Å². The maximum absolute atomic E-state index is 14.2. The minimum absolute atomic E-state index is 0.00450. The standard InChI is InChI=1S/C30H32Cl3N3O4S/c1-41(39,40)36(26-17-9-16-25(32)29(26)33)20-28(37)35(19-22-12-5-8-15-24(22)31)27(18-21-10-3-2-4-11-21)30(38)34-23-13-6-7-14-23/h2-5,8-12,15-17,23,27H,6-7,13-14,18-20H2,1H3,(H,34,38). The molecular formula is C30H32Cl3N3O4S. The van der Waals surface area contributed by atoms with Crippen molar-refractivity contribution in [2.24, 2.45) is 0 Å². The van der Waals surface area contributed by atoms with Crippen molar-refractivity contribution in [3.63, 3.8) is 0 Å². The van der Waals surface area contributed by atoms with E-state index >= 15 is 0 Å². The highest BCUT2D eigenvalue weighted by atomic mass is 35.5. The van der Waals surface area contributed by atoms with Crippen molar-refractivity contribution in [2.75, 3.05) is 17.1 Å². The molecule has 0 heterocycles. The molecule has 11 heteroatoms. The molecule has 41 heavy (non-hydrogen) atoms. The van der Waals surface area contributed by atoms with Gasteiger partial charge in [0.15, 0.2) is 0 Å². The van der Waals surface area contributed by atoms with E-state index < -0.39 is 28.5 Å². The first-order valence-corrected chi connectivity index (χ1v) is 16.3. The number of carbonyl (C=O) groups excluding carboxylic acids is 2. The molecular weight excluding hydrogens is 605 g/mol. The van der Waals surface area contributed by atoms with E-state index in [1.54, 1.807) is 30.3 Å². The number of rotatable bonds is 11. The molecule has 218 valence electrons. The van der Waals surface area contributed by atoms with E-state index in [2.05, 4.69) is 5.32 Å². The largest absolute Gasteiger partial charge is 0.352 e. The van der Waals surface area contributed by atoms with Gasteiger partial charge in [0.25, 0.3) is 0 Å². The minimum atomic E-state index is -3.97. The molecule has 1 fully saturated rings. The van der Waals surface area contributed by atoms with Gasteiger partial charge in [-0.1, -0.05) is 102 Å². The molecule has 1 aliphatic carbocycles. The molecule has 1 atom stereocenters. The summed E-state index contributed by atoms with van der Waals surface area (Å²) in [7, 11) is -3.97.